The average Bonchev–Trinajstić information content (AvgIpc) is 3.29. The minimum Gasteiger partial charge on any atom is -0.285 e. The Kier molecular flexibility index (Phi) is 3.10. The Balaban J connectivity index is 1.72. The Hall–Kier alpha value is -3.99. The second kappa shape index (κ2) is 5.76. The molecule has 0 unspecified atom stereocenters. The van der Waals surface area contributed by atoms with Crippen LogP contribution in [0.5, 0.6) is 0 Å². The molecule has 5 heteroatoms. The van der Waals surface area contributed by atoms with Crippen LogP contribution in [0.2, 0.25) is 0 Å². The van der Waals surface area contributed by atoms with Gasteiger partial charge in [0.2, 0.25) is 0 Å². The molecule has 5 aromatic heterocycles. The number of hydrogen-bond acceptors (Lipinski definition) is 3. The van der Waals surface area contributed by atoms with Crippen molar-refractivity contribution in [1.82, 2.24) is 23.9 Å². The van der Waals surface area contributed by atoms with Crippen molar-refractivity contribution in [3.8, 4) is 17.1 Å². The standard InChI is InChI=1S/C23H15N5/c1-2-8-19-17(6-1)22-23(27-15-4-3-9-20(27)26-22)28(19)21-10-5-7-18(25-21)16-11-13-24-14-12-16/h1-15H. The van der Waals surface area contributed by atoms with Gasteiger partial charge in [0, 0.05) is 29.5 Å². The monoisotopic (exact) mass is 361 g/mol. The first kappa shape index (κ1) is 15.1. The molecule has 0 aliphatic rings. The van der Waals surface area contributed by atoms with Crippen molar-refractivity contribution in [2.24, 2.45) is 0 Å². The van der Waals surface area contributed by atoms with E-state index in [0.717, 1.165) is 44.8 Å². The smallest absolute Gasteiger partial charge is 0.151 e. The van der Waals surface area contributed by atoms with Crippen LogP contribution in [0.1, 0.15) is 0 Å². The highest BCUT2D eigenvalue weighted by Crippen LogP contribution is 2.32. The maximum absolute atomic E-state index is 4.97. The molecule has 0 spiro atoms. The molecule has 0 aliphatic carbocycles. The lowest BCUT2D eigenvalue weighted by Gasteiger charge is -2.09. The number of aromatic nitrogens is 5. The van der Waals surface area contributed by atoms with Crippen LogP contribution in [0.25, 0.3) is 44.8 Å². The predicted molar refractivity (Wildman–Crippen MR) is 111 cm³/mol. The number of fused-ring (bicyclic) bond motifs is 5. The zero-order valence-corrected chi connectivity index (χ0v) is 14.9. The first-order chi connectivity index (χ1) is 13.9. The van der Waals surface area contributed by atoms with E-state index in [-0.39, 0.29) is 0 Å². The summed E-state index contributed by atoms with van der Waals surface area (Å²) >= 11 is 0. The van der Waals surface area contributed by atoms with Gasteiger partial charge < -0.3 is 0 Å². The van der Waals surface area contributed by atoms with Gasteiger partial charge in [-0.2, -0.15) is 0 Å². The van der Waals surface area contributed by atoms with E-state index >= 15 is 0 Å². The maximum atomic E-state index is 4.97. The summed E-state index contributed by atoms with van der Waals surface area (Å²) in [6, 6.07) is 24.5. The fourth-order valence-corrected chi connectivity index (χ4v) is 3.82. The van der Waals surface area contributed by atoms with Crippen LogP contribution in [-0.4, -0.2) is 23.9 Å². The first-order valence-corrected chi connectivity index (χ1v) is 9.14. The molecule has 5 nitrogen and oxygen atoms in total. The Bertz CT molecular complexity index is 1450. The van der Waals surface area contributed by atoms with Gasteiger partial charge in [-0.05, 0) is 42.5 Å². The van der Waals surface area contributed by atoms with E-state index in [1.807, 2.05) is 54.7 Å². The lowest BCUT2D eigenvalue weighted by molar-refractivity contribution is 1.04. The van der Waals surface area contributed by atoms with Crippen LogP contribution in [0, 0.1) is 0 Å². The molecule has 0 atom stereocenters. The Morgan fingerprint density at radius 2 is 1.57 bits per heavy atom. The van der Waals surface area contributed by atoms with E-state index in [1.165, 1.54) is 0 Å². The Morgan fingerprint density at radius 1 is 0.714 bits per heavy atom. The molecular weight excluding hydrogens is 346 g/mol. The molecule has 5 heterocycles. The predicted octanol–water partition coefficient (Wildman–Crippen LogP) is 4.89. The van der Waals surface area contributed by atoms with Crippen molar-refractivity contribution in [1.29, 1.82) is 0 Å². The Labute approximate surface area is 160 Å². The highest BCUT2D eigenvalue weighted by Gasteiger charge is 2.18. The molecule has 6 rings (SSSR count). The van der Waals surface area contributed by atoms with Crippen LogP contribution in [-0.2, 0) is 0 Å². The third-order valence-electron chi connectivity index (χ3n) is 5.06. The zero-order valence-electron chi connectivity index (χ0n) is 14.9. The second-order valence-electron chi connectivity index (χ2n) is 6.68. The van der Waals surface area contributed by atoms with Crippen molar-refractivity contribution in [2.45, 2.75) is 0 Å². The van der Waals surface area contributed by atoms with E-state index in [4.69, 9.17) is 9.97 Å². The van der Waals surface area contributed by atoms with Crippen molar-refractivity contribution < 1.29 is 0 Å². The number of rotatable bonds is 2. The van der Waals surface area contributed by atoms with Crippen molar-refractivity contribution in [2.75, 3.05) is 0 Å². The highest BCUT2D eigenvalue weighted by molar-refractivity contribution is 6.07. The minimum atomic E-state index is 0.867. The summed E-state index contributed by atoms with van der Waals surface area (Å²) < 4.78 is 4.31. The summed E-state index contributed by atoms with van der Waals surface area (Å²) in [5.74, 6) is 0.867. The number of imidazole rings is 1. The quantitative estimate of drug-likeness (QED) is 0.441. The molecule has 28 heavy (non-hydrogen) atoms. The summed E-state index contributed by atoms with van der Waals surface area (Å²) in [4.78, 5) is 14.0. The van der Waals surface area contributed by atoms with Crippen molar-refractivity contribution in [3.63, 3.8) is 0 Å². The molecular formula is C23H15N5. The van der Waals surface area contributed by atoms with Gasteiger partial charge in [-0.15, -0.1) is 0 Å². The van der Waals surface area contributed by atoms with E-state index in [0.29, 0.717) is 0 Å². The minimum absolute atomic E-state index is 0.867. The lowest BCUT2D eigenvalue weighted by Crippen LogP contribution is -2.00. The summed E-state index contributed by atoms with van der Waals surface area (Å²) in [6.07, 6.45) is 5.63. The number of nitrogens with zero attached hydrogens (tertiary/aromatic N) is 5. The summed E-state index contributed by atoms with van der Waals surface area (Å²) in [5.41, 5.74) is 5.99. The van der Waals surface area contributed by atoms with Crippen LogP contribution < -0.4 is 0 Å². The maximum Gasteiger partial charge on any atom is 0.151 e. The van der Waals surface area contributed by atoms with Crippen LogP contribution in [0.15, 0.2) is 91.4 Å². The summed E-state index contributed by atoms with van der Waals surface area (Å²) in [5, 5.41) is 1.12. The molecule has 0 saturated heterocycles. The van der Waals surface area contributed by atoms with Crippen molar-refractivity contribution >= 4 is 27.7 Å². The molecule has 0 bridgehead atoms. The van der Waals surface area contributed by atoms with Gasteiger partial charge in [-0.3, -0.25) is 14.0 Å². The summed E-state index contributed by atoms with van der Waals surface area (Å²) in [6.45, 7) is 0. The number of para-hydroxylation sites is 1. The third-order valence-corrected chi connectivity index (χ3v) is 5.06. The van der Waals surface area contributed by atoms with Gasteiger partial charge in [0.15, 0.2) is 5.65 Å². The molecule has 6 aromatic rings. The largest absolute Gasteiger partial charge is 0.285 e. The van der Waals surface area contributed by atoms with E-state index in [1.54, 1.807) is 12.4 Å². The van der Waals surface area contributed by atoms with Gasteiger partial charge in [-0.1, -0.05) is 30.3 Å². The van der Waals surface area contributed by atoms with Gasteiger partial charge in [0.1, 0.15) is 17.0 Å². The van der Waals surface area contributed by atoms with Crippen molar-refractivity contribution in [3.05, 3.63) is 91.4 Å². The highest BCUT2D eigenvalue weighted by atomic mass is 15.2. The number of hydrogen-bond donors (Lipinski definition) is 0. The van der Waals surface area contributed by atoms with E-state index < -0.39 is 0 Å². The first-order valence-electron chi connectivity index (χ1n) is 9.14. The molecule has 1 aromatic carbocycles. The molecule has 0 saturated carbocycles. The van der Waals surface area contributed by atoms with Gasteiger partial charge in [0.25, 0.3) is 0 Å². The van der Waals surface area contributed by atoms with E-state index in [2.05, 4.69) is 38.2 Å². The number of benzene rings is 1. The van der Waals surface area contributed by atoms with E-state index in [9.17, 15) is 0 Å². The molecule has 0 fully saturated rings. The normalized spacial score (nSPS) is 11.6. The van der Waals surface area contributed by atoms with Gasteiger partial charge in [-0.25, -0.2) is 9.97 Å². The topological polar surface area (TPSA) is 48.0 Å². The lowest BCUT2D eigenvalue weighted by atomic mass is 10.2. The Morgan fingerprint density at radius 3 is 2.50 bits per heavy atom. The molecule has 0 N–H and O–H groups in total. The molecule has 0 radical (unpaired) electrons. The van der Waals surface area contributed by atoms with Gasteiger partial charge >= 0.3 is 0 Å². The summed E-state index contributed by atoms with van der Waals surface area (Å²) in [7, 11) is 0. The van der Waals surface area contributed by atoms with Gasteiger partial charge in [0.05, 0.1) is 11.2 Å². The fraction of sp³-hybridized carbons (Fsp3) is 0. The second-order valence-corrected chi connectivity index (χ2v) is 6.68. The SMILES string of the molecule is c1cc(-c2ccncc2)nc(-n2c3ccccc3c3nc4ccccn4c32)c1. The molecule has 132 valence electrons. The molecule has 0 amide bonds. The zero-order chi connectivity index (χ0) is 18.5. The fourth-order valence-electron chi connectivity index (χ4n) is 3.82. The average molecular weight is 361 g/mol. The van der Waals surface area contributed by atoms with Crippen LogP contribution in [0.4, 0.5) is 0 Å². The number of pyridine rings is 3. The third kappa shape index (κ3) is 2.10. The molecule has 0 aliphatic heterocycles. The van der Waals surface area contributed by atoms with Crippen LogP contribution >= 0.6 is 0 Å². The van der Waals surface area contributed by atoms with Crippen LogP contribution in [0.3, 0.4) is 0 Å².